The molecular formula is C12H14N4O2S. The first-order chi connectivity index (χ1) is 9.06. The molecule has 1 aromatic heterocycles. The quantitative estimate of drug-likeness (QED) is 0.515. The zero-order chi connectivity index (χ0) is 13.8. The molecule has 0 aliphatic rings. The van der Waals surface area contributed by atoms with Crippen molar-refractivity contribution in [1.82, 2.24) is 9.88 Å². The molecule has 0 radical (unpaired) electrons. The summed E-state index contributed by atoms with van der Waals surface area (Å²) in [7, 11) is 1.97. The van der Waals surface area contributed by atoms with E-state index in [4.69, 9.17) is 5.73 Å². The maximum atomic E-state index is 10.7. The number of nitrogens with two attached hydrogens (primary N) is 1. The van der Waals surface area contributed by atoms with Crippen molar-refractivity contribution in [3.63, 3.8) is 0 Å². The molecule has 2 aromatic rings. The highest BCUT2D eigenvalue weighted by Gasteiger charge is 2.12. The third kappa shape index (κ3) is 3.49. The fourth-order valence-electron chi connectivity index (χ4n) is 1.83. The molecule has 1 heterocycles. The molecule has 1 aromatic carbocycles. The predicted octanol–water partition coefficient (Wildman–Crippen LogP) is 2.27. The molecular weight excluding hydrogens is 264 g/mol. The van der Waals surface area contributed by atoms with Crippen LogP contribution in [0.5, 0.6) is 0 Å². The molecule has 0 aliphatic heterocycles. The normalized spacial score (nSPS) is 10.8. The molecule has 19 heavy (non-hydrogen) atoms. The predicted molar refractivity (Wildman–Crippen MR) is 74.8 cm³/mol. The van der Waals surface area contributed by atoms with Gasteiger partial charge in [-0.3, -0.25) is 15.0 Å². The zero-order valence-electron chi connectivity index (χ0n) is 10.4. The molecule has 0 saturated heterocycles. The Morgan fingerprint density at radius 1 is 1.47 bits per heavy atom. The molecule has 0 fully saturated rings. The summed E-state index contributed by atoms with van der Waals surface area (Å²) in [5.74, 6) is 0. The maximum Gasteiger partial charge on any atom is 0.292 e. The van der Waals surface area contributed by atoms with Gasteiger partial charge in [-0.2, -0.15) is 0 Å². The van der Waals surface area contributed by atoms with Gasteiger partial charge < -0.3 is 5.73 Å². The van der Waals surface area contributed by atoms with Crippen LogP contribution in [-0.4, -0.2) is 21.9 Å². The van der Waals surface area contributed by atoms with Crippen molar-refractivity contribution in [2.75, 3.05) is 12.8 Å². The number of thiazole rings is 1. The van der Waals surface area contributed by atoms with Crippen LogP contribution in [0.4, 0.5) is 11.4 Å². The Balaban J connectivity index is 2.03. The number of hydrogen-bond acceptors (Lipinski definition) is 6. The summed E-state index contributed by atoms with van der Waals surface area (Å²) in [6.07, 6.45) is 0. The van der Waals surface area contributed by atoms with Crippen LogP contribution in [0.1, 0.15) is 11.3 Å². The molecule has 0 bridgehead atoms. The van der Waals surface area contributed by atoms with Crippen molar-refractivity contribution in [3.8, 4) is 0 Å². The molecule has 0 aliphatic carbocycles. The van der Waals surface area contributed by atoms with E-state index in [-0.39, 0.29) is 11.4 Å². The lowest BCUT2D eigenvalue weighted by molar-refractivity contribution is -0.383. The van der Waals surface area contributed by atoms with Gasteiger partial charge in [-0.1, -0.05) is 6.07 Å². The van der Waals surface area contributed by atoms with Crippen LogP contribution in [0.25, 0.3) is 0 Å². The van der Waals surface area contributed by atoms with E-state index in [0.717, 1.165) is 17.8 Å². The van der Waals surface area contributed by atoms with Crippen molar-refractivity contribution < 1.29 is 4.92 Å². The average Bonchev–Trinajstić information content (AvgIpc) is 2.81. The summed E-state index contributed by atoms with van der Waals surface area (Å²) in [5.41, 5.74) is 9.57. The van der Waals surface area contributed by atoms with Gasteiger partial charge in [0.15, 0.2) is 0 Å². The molecule has 0 unspecified atom stereocenters. The van der Waals surface area contributed by atoms with Crippen molar-refractivity contribution in [2.45, 2.75) is 13.1 Å². The van der Waals surface area contributed by atoms with E-state index in [9.17, 15) is 10.1 Å². The average molecular weight is 278 g/mol. The lowest BCUT2D eigenvalue weighted by atomic mass is 10.1. The van der Waals surface area contributed by atoms with E-state index in [2.05, 4.69) is 9.88 Å². The highest BCUT2D eigenvalue weighted by molar-refractivity contribution is 7.07. The summed E-state index contributed by atoms with van der Waals surface area (Å²) in [5, 5.41) is 12.7. The molecule has 2 N–H and O–H groups in total. The van der Waals surface area contributed by atoms with E-state index in [1.807, 2.05) is 12.4 Å². The second kappa shape index (κ2) is 5.77. The summed E-state index contributed by atoms with van der Waals surface area (Å²) < 4.78 is 0. The first-order valence-electron chi connectivity index (χ1n) is 5.64. The first-order valence-corrected chi connectivity index (χ1v) is 6.59. The van der Waals surface area contributed by atoms with Crippen LogP contribution < -0.4 is 5.73 Å². The van der Waals surface area contributed by atoms with E-state index in [1.54, 1.807) is 29.0 Å². The Labute approximate surface area is 114 Å². The monoisotopic (exact) mass is 278 g/mol. The topological polar surface area (TPSA) is 85.3 Å². The molecule has 0 amide bonds. The Kier molecular flexibility index (Phi) is 4.08. The van der Waals surface area contributed by atoms with Gasteiger partial charge in [0.1, 0.15) is 5.69 Å². The molecule has 0 saturated carbocycles. The van der Waals surface area contributed by atoms with Gasteiger partial charge in [-0.15, -0.1) is 11.3 Å². The van der Waals surface area contributed by atoms with E-state index in [1.165, 1.54) is 6.07 Å². The van der Waals surface area contributed by atoms with E-state index in [0.29, 0.717) is 6.54 Å². The summed E-state index contributed by atoms with van der Waals surface area (Å²) >= 11 is 1.56. The number of nitrogen functional groups attached to an aromatic ring is 1. The van der Waals surface area contributed by atoms with Crippen LogP contribution in [0.15, 0.2) is 29.1 Å². The van der Waals surface area contributed by atoms with Crippen molar-refractivity contribution in [2.24, 2.45) is 0 Å². The number of anilines is 1. The fraction of sp³-hybridized carbons (Fsp3) is 0.250. The van der Waals surface area contributed by atoms with Gasteiger partial charge in [0, 0.05) is 24.5 Å². The maximum absolute atomic E-state index is 10.7. The highest BCUT2D eigenvalue weighted by atomic mass is 32.1. The minimum Gasteiger partial charge on any atom is -0.393 e. The fourth-order valence-corrected chi connectivity index (χ4v) is 2.38. The third-order valence-corrected chi connectivity index (χ3v) is 3.29. The number of hydrogen-bond donors (Lipinski definition) is 1. The summed E-state index contributed by atoms with van der Waals surface area (Å²) in [4.78, 5) is 16.5. The Bertz CT molecular complexity index is 571. The molecule has 0 spiro atoms. The Morgan fingerprint density at radius 3 is 2.84 bits per heavy atom. The molecule has 2 rings (SSSR count). The lowest BCUT2D eigenvalue weighted by Gasteiger charge is -2.15. The largest absolute Gasteiger partial charge is 0.393 e. The van der Waals surface area contributed by atoms with Crippen LogP contribution >= 0.6 is 11.3 Å². The van der Waals surface area contributed by atoms with Crippen LogP contribution in [0.2, 0.25) is 0 Å². The zero-order valence-corrected chi connectivity index (χ0v) is 11.3. The number of nitro benzene ring substituents is 1. The molecule has 0 atom stereocenters. The third-order valence-electron chi connectivity index (χ3n) is 2.66. The van der Waals surface area contributed by atoms with Crippen molar-refractivity contribution in [3.05, 3.63) is 50.5 Å². The van der Waals surface area contributed by atoms with Gasteiger partial charge >= 0.3 is 0 Å². The SMILES string of the molecule is CN(Cc1ccc([N+](=O)[O-])c(N)c1)Cc1cscn1. The highest BCUT2D eigenvalue weighted by Crippen LogP contribution is 2.22. The van der Waals surface area contributed by atoms with E-state index < -0.39 is 4.92 Å². The molecule has 100 valence electrons. The second-order valence-corrected chi connectivity index (χ2v) is 5.02. The minimum atomic E-state index is -0.474. The van der Waals surface area contributed by atoms with Crippen LogP contribution in [-0.2, 0) is 13.1 Å². The second-order valence-electron chi connectivity index (χ2n) is 4.30. The van der Waals surface area contributed by atoms with Crippen LogP contribution in [0, 0.1) is 10.1 Å². The van der Waals surface area contributed by atoms with Gasteiger partial charge in [0.2, 0.25) is 0 Å². The molecule has 6 nitrogen and oxygen atoms in total. The number of nitrogens with zero attached hydrogens (tertiary/aromatic N) is 3. The van der Waals surface area contributed by atoms with Gasteiger partial charge in [-0.05, 0) is 18.7 Å². The number of benzene rings is 1. The van der Waals surface area contributed by atoms with Crippen LogP contribution in [0.3, 0.4) is 0 Å². The Morgan fingerprint density at radius 2 is 2.26 bits per heavy atom. The van der Waals surface area contributed by atoms with Gasteiger partial charge in [0.25, 0.3) is 5.69 Å². The lowest BCUT2D eigenvalue weighted by Crippen LogP contribution is -2.17. The summed E-state index contributed by atoms with van der Waals surface area (Å²) in [6.45, 7) is 1.40. The number of aromatic nitrogens is 1. The van der Waals surface area contributed by atoms with Gasteiger partial charge in [-0.25, -0.2) is 4.98 Å². The van der Waals surface area contributed by atoms with Crippen molar-refractivity contribution >= 4 is 22.7 Å². The number of rotatable bonds is 5. The smallest absolute Gasteiger partial charge is 0.292 e. The Hall–Kier alpha value is -1.99. The minimum absolute atomic E-state index is 0.0501. The standard InChI is InChI=1S/C12H14N4O2S/c1-15(6-10-7-19-8-14-10)5-9-2-3-12(16(17)18)11(13)4-9/h2-4,7-8H,5-6,13H2,1H3. The summed E-state index contributed by atoms with van der Waals surface area (Å²) in [6, 6.07) is 4.82. The van der Waals surface area contributed by atoms with Crippen molar-refractivity contribution in [1.29, 1.82) is 0 Å². The van der Waals surface area contributed by atoms with E-state index >= 15 is 0 Å². The van der Waals surface area contributed by atoms with Gasteiger partial charge in [0.05, 0.1) is 16.1 Å². The molecule has 7 heteroatoms. The first kappa shape index (κ1) is 13.4. The number of nitro groups is 1.